The summed E-state index contributed by atoms with van der Waals surface area (Å²) in [5.74, 6) is 0. The summed E-state index contributed by atoms with van der Waals surface area (Å²) in [5.41, 5.74) is 3.71. The molecule has 2 N–H and O–H groups in total. The van der Waals surface area contributed by atoms with Gasteiger partial charge in [-0.25, -0.2) is 9.66 Å². The second kappa shape index (κ2) is 3.53. The summed E-state index contributed by atoms with van der Waals surface area (Å²) >= 11 is 0. The maximum absolute atomic E-state index is 11.3. The Morgan fingerprint density at radius 2 is 2.50 bits per heavy atom. The van der Waals surface area contributed by atoms with Gasteiger partial charge in [0.25, 0.3) is 5.56 Å². The molecular formula is C9H12N4O. The van der Waals surface area contributed by atoms with Gasteiger partial charge in [0, 0.05) is 12.7 Å². The smallest absolute Gasteiger partial charge is 0.260 e. The van der Waals surface area contributed by atoms with E-state index in [0.29, 0.717) is 11.0 Å². The van der Waals surface area contributed by atoms with Crippen molar-refractivity contribution in [2.45, 2.75) is 13.3 Å². The number of H-pyrrole nitrogens is 1. The fraction of sp³-hybridized carbons (Fsp3) is 0.333. The number of nitrogens with zero attached hydrogens (tertiary/aromatic N) is 2. The van der Waals surface area contributed by atoms with Crippen LogP contribution in [-0.2, 0) is 0 Å². The molecule has 0 atom stereocenters. The molecule has 0 fully saturated rings. The largest absolute Gasteiger partial charge is 0.325 e. The van der Waals surface area contributed by atoms with Crippen molar-refractivity contribution in [3.8, 4) is 0 Å². The fourth-order valence-electron chi connectivity index (χ4n) is 1.32. The molecule has 0 saturated carbocycles. The summed E-state index contributed by atoms with van der Waals surface area (Å²) < 4.78 is 1.77. The Balaban J connectivity index is 2.47. The van der Waals surface area contributed by atoms with Crippen molar-refractivity contribution in [1.82, 2.24) is 14.6 Å². The molecule has 0 aliphatic heterocycles. The van der Waals surface area contributed by atoms with Crippen molar-refractivity contribution < 1.29 is 0 Å². The molecule has 74 valence electrons. The average molecular weight is 192 g/mol. The fourth-order valence-corrected chi connectivity index (χ4v) is 1.32. The van der Waals surface area contributed by atoms with Crippen LogP contribution in [-0.4, -0.2) is 21.2 Å². The third-order valence-corrected chi connectivity index (χ3v) is 2.02. The summed E-state index contributed by atoms with van der Waals surface area (Å²) in [6, 6.07) is 1.75. The summed E-state index contributed by atoms with van der Waals surface area (Å²) in [7, 11) is 0. The summed E-state index contributed by atoms with van der Waals surface area (Å²) in [5, 5.41) is 0.608. The molecule has 0 saturated heterocycles. The lowest BCUT2D eigenvalue weighted by molar-refractivity contribution is 0.823. The van der Waals surface area contributed by atoms with E-state index in [1.165, 1.54) is 6.33 Å². The van der Waals surface area contributed by atoms with Crippen LogP contribution in [0, 0.1) is 0 Å². The van der Waals surface area contributed by atoms with E-state index in [9.17, 15) is 4.79 Å². The lowest BCUT2D eigenvalue weighted by atomic mass is 10.4. The van der Waals surface area contributed by atoms with Gasteiger partial charge < -0.3 is 10.4 Å². The molecule has 0 spiro atoms. The zero-order valence-corrected chi connectivity index (χ0v) is 7.95. The molecule has 0 amide bonds. The van der Waals surface area contributed by atoms with Crippen molar-refractivity contribution in [2.24, 2.45) is 0 Å². The van der Waals surface area contributed by atoms with Gasteiger partial charge in [-0.2, -0.15) is 0 Å². The molecule has 0 radical (unpaired) electrons. The predicted octanol–water partition coefficient (Wildman–Crippen LogP) is 0.678. The predicted molar refractivity (Wildman–Crippen MR) is 54.9 cm³/mol. The van der Waals surface area contributed by atoms with Crippen LogP contribution in [0.4, 0.5) is 0 Å². The van der Waals surface area contributed by atoms with Crippen LogP contribution in [0.3, 0.4) is 0 Å². The van der Waals surface area contributed by atoms with Crippen molar-refractivity contribution in [2.75, 3.05) is 12.0 Å². The zero-order valence-electron chi connectivity index (χ0n) is 7.95. The molecule has 2 rings (SSSR count). The van der Waals surface area contributed by atoms with E-state index in [0.717, 1.165) is 13.0 Å². The van der Waals surface area contributed by atoms with Gasteiger partial charge in [0.1, 0.15) is 0 Å². The number of fused-ring (bicyclic) bond motifs is 1. The first-order valence-corrected chi connectivity index (χ1v) is 4.61. The van der Waals surface area contributed by atoms with Gasteiger partial charge in [-0.3, -0.25) is 4.79 Å². The van der Waals surface area contributed by atoms with Crippen molar-refractivity contribution in [1.29, 1.82) is 0 Å². The molecule has 0 unspecified atom stereocenters. The highest BCUT2D eigenvalue weighted by Crippen LogP contribution is 2.04. The van der Waals surface area contributed by atoms with Crippen LogP contribution in [0.2, 0.25) is 0 Å². The third kappa shape index (κ3) is 1.37. The second-order valence-electron chi connectivity index (χ2n) is 3.06. The molecular weight excluding hydrogens is 180 g/mol. The van der Waals surface area contributed by atoms with Crippen LogP contribution < -0.4 is 11.0 Å². The van der Waals surface area contributed by atoms with Gasteiger partial charge in [-0.15, -0.1) is 0 Å². The lowest BCUT2D eigenvalue weighted by Crippen LogP contribution is -2.15. The quantitative estimate of drug-likeness (QED) is 0.751. The number of nitrogens with one attached hydrogen (secondary N) is 2. The van der Waals surface area contributed by atoms with Gasteiger partial charge in [0.05, 0.1) is 11.7 Å². The number of rotatable bonds is 3. The standard InChI is InChI=1S/C9H12N4O/c1-2-4-12-13-5-3-7-8(13)10-6-11-9(7)14/h3,5-6,12H,2,4H2,1H3,(H,10,11,14). The minimum Gasteiger partial charge on any atom is -0.325 e. The van der Waals surface area contributed by atoms with Gasteiger partial charge in [-0.1, -0.05) is 6.92 Å². The zero-order chi connectivity index (χ0) is 9.97. The molecule has 14 heavy (non-hydrogen) atoms. The van der Waals surface area contributed by atoms with Crippen LogP contribution >= 0.6 is 0 Å². The van der Waals surface area contributed by atoms with Crippen LogP contribution in [0.1, 0.15) is 13.3 Å². The Morgan fingerprint density at radius 1 is 1.64 bits per heavy atom. The van der Waals surface area contributed by atoms with Crippen LogP contribution in [0.15, 0.2) is 23.4 Å². The lowest BCUT2D eigenvalue weighted by Gasteiger charge is -2.05. The molecule has 0 aliphatic carbocycles. The molecule has 0 aliphatic rings. The first-order valence-electron chi connectivity index (χ1n) is 4.61. The molecule has 5 nitrogen and oxygen atoms in total. The minimum absolute atomic E-state index is 0.105. The van der Waals surface area contributed by atoms with E-state index in [1.807, 2.05) is 6.20 Å². The number of hydrogen-bond donors (Lipinski definition) is 2. The summed E-state index contributed by atoms with van der Waals surface area (Å²) in [6.07, 6.45) is 4.25. The first kappa shape index (κ1) is 8.80. The number of hydrogen-bond acceptors (Lipinski definition) is 3. The topological polar surface area (TPSA) is 62.7 Å². The SMILES string of the molecule is CCCNn1ccc2c(=O)[nH]cnc21. The molecule has 0 aromatic carbocycles. The Kier molecular flexibility index (Phi) is 2.22. The molecule has 2 heterocycles. The maximum atomic E-state index is 11.3. The Morgan fingerprint density at radius 3 is 3.29 bits per heavy atom. The first-order chi connectivity index (χ1) is 6.83. The second-order valence-corrected chi connectivity index (χ2v) is 3.06. The average Bonchev–Trinajstić information content (AvgIpc) is 2.60. The van der Waals surface area contributed by atoms with Crippen LogP contribution in [0.5, 0.6) is 0 Å². The van der Waals surface area contributed by atoms with Crippen LogP contribution in [0.25, 0.3) is 11.0 Å². The van der Waals surface area contributed by atoms with E-state index in [2.05, 4.69) is 22.3 Å². The van der Waals surface area contributed by atoms with E-state index in [4.69, 9.17) is 0 Å². The Bertz CT molecular complexity index is 485. The van der Waals surface area contributed by atoms with Crippen molar-refractivity contribution in [3.05, 3.63) is 28.9 Å². The highest BCUT2D eigenvalue weighted by molar-refractivity contribution is 5.74. The van der Waals surface area contributed by atoms with Gasteiger partial charge in [0.2, 0.25) is 0 Å². The molecule has 2 aromatic rings. The van der Waals surface area contributed by atoms with E-state index in [1.54, 1.807) is 10.7 Å². The van der Waals surface area contributed by atoms with Gasteiger partial charge in [0.15, 0.2) is 5.65 Å². The molecule has 0 bridgehead atoms. The number of aromatic nitrogens is 3. The highest BCUT2D eigenvalue weighted by Gasteiger charge is 2.03. The van der Waals surface area contributed by atoms with Crippen molar-refractivity contribution >= 4 is 11.0 Å². The van der Waals surface area contributed by atoms with Crippen molar-refractivity contribution in [3.63, 3.8) is 0 Å². The molecule has 2 aromatic heterocycles. The van der Waals surface area contributed by atoms with Gasteiger partial charge >= 0.3 is 0 Å². The third-order valence-electron chi connectivity index (χ3n) is 2.02. The van der Waals surface area contributed by atoms with E-state index >= 15 is 0 Å². The van der Waals surface area contributed by atoms with Gasteiger partial charge in [-0.05, 0) is 12.5 Å². The highest BCUT2D eigenvalue weighted by atomic mass is 16.1. The summed E-state index contributed by atoms with van der Waals surface area (Å²) in [4.78, 5) is 18.0. The Labute approximate surface area is 80.7 Å². The molecule has 5 heteroatoms. The monoisotopic (exact) mass is 192 g/mol. The summed E-state index contributed by atoms with van der Waals surface area (Å²) in [6.45, 7) is 2.94. The number of aromatic amines is 1. The van der Waals surface area contributed by atoms with E-state index < -0.39 is 0 Å². The normalized spacial score (nSPS) is 10.6. The maximum Gasteiger partial charge on any atom is 0.260 e. The Hall–Kier alpha value is -1.78. The van der Waals surface area contributed by atoms with E-state index in [-0.39, 0.29) is 5.56 Å². The minimum atomic E-state index is -0.105.